The Labute approximate surface area is 117 Å². The van der Waals surface area contributed by atoms with E-state index in [1.54, 1.807) is 13.1 Å². The molecule has 0 saturated heterocycles. The summed E-state index contributed by atoms with van der Waals surface area (Å²) in [5, 5.41) is 6.34. The van der Waals surface area contributed by atoms with E-state index < -0.39 is 0 Å². The largest absolute Gasteiger partial charge is 0.373 e. The molecule has 0 unspecified atom stereocenters. The molecule has 2 saturated carbocycles. The lowest BCUT2D eigenvalue weighted by Gasteiger charge is -2.15. The summed E-state index contributed by atoms with van der Waals surface area (Å²) in [5.74, 6) is 1.39. The van der Waals surface area contributed by atoms with Crippen molar-refractivity contribution < 1.29 is 4.79 Å². The molecule has 19 heavy (non-hydrogen) atoms. The first kappa shape index (κ1) is 12.7. The molecule has 2 aliphatic carbocycles. The van der Waals surface area contributed by atoms with Gasteiger partial charge in [-0.3, -0.25) is 4.79 Å². The van der Waals surface area contributed by atoms with Crippen LogP contribution in [-0.2, 0) is 0 Å². The van der Waals surface area contributed by atoms with Crippen molar-refractivity contribution >= 4 is 23.3 Å². The lowest BCUT2D eigenvalue weighted by atomic mass is 10.0. The van der Waals surface area contributed by atoms with Gasteiger partial charge in [0.15, 0.2) is 0 Å². The zero-order valence-corrected chi connectivity index (χ0v) is 11.8. The predicted octanol–water partition coefficient (Wildman–Crippen LogP) is 2.70. The highest BCUT2D eigenvalue weighted by molar-refractivity contribution is 6.33. The molecule has 0 aliphatic heterocycles. The van der Waals surface area contributed by atoms with Gasteiger partial charge in [0, 0.05) is 19.8 Å². The van der Waals surface area contributed by atoms with Crippen LogP contribution in [-0.4, -0.2) is 24.5 Å². The average Bonchev–Trinajstić information content (AvgIpc) is 3.28. The number of halogens is 1. The Morgan fingerprint density at radius 1 is 1.53 bits per heavy atom. The minimum Gasteiger partial charge on any atom is -0.373 e. The van der Waals surface area contributed by atoms with Gasteiger partial charge in [0.25, 0.3) is 5.91 Å². The van der Waals surface area contributed by atoms with E-state index in [2.05, 4.69) is 15.6 Å². The Bertz CT molecular complexity index is 509. The van der Waals surface area contributed by atoms with E-state index in [0.29, 0.717) is 21.8 Å². The summed E-state index contributed by atoms with van der Waals surface area (Å²) in [6.45, 7) is 0.782. The molecule has 102 valence electrons. The lowest BCUT2D eigenvalue weighted by molar-refractivity contribution is 0.0942. The summed E-state index contributed by atoms with van der Waals surface area (Å²) in [5.41, 5.74) is 0.897. The molecule has 2 aliphatic rings. The van der Waals surface area contributed by atoms with Crippen molar-refractivity contribution in [2.75, 3.05) is 18.9 Å². The van der Waals surface area contributed by atoms with Crippen LogP contribution in [0.2, 0.25) is 5.02 Å². The Morgan fingerprint density at radius 3 is 2.84 bits per heavy atom. The molecule has 1 aromatic rings. The number of pyridine rings is 1. The number of hydrogen-bond acceptors (Lipinski definition) is 3. The molecule has 0 aromatic carbocycles. The highest BCUT2D eigenvalue weighted by Gasteiger charge is 2.53. The van der Waals surface area contributed by atoms with Crippen LogP contribution < -0.4 is 10.6 Å². The maximum Gasteiger partial charge on any atom is 0.253 e. The number of amides is 1. The second kappa shape index (κ2) is 4.67. The number of carbonyl (C=O) groups excluding carboxylic acids is 1. The number of carbonyl (C=O) groups is 1. The maximum atomic E-state index is 12.2. The van der Waals surface area contributed by atoms with Gasteiger partial charge in [0.2, 0.25) is 0 Å². The number of anilines is 1. The first-order valence-corrected chi connectivity index (χ1v) is 7.14. The molecule has 2 N–H and O–H groups in total. The highest BCUT2D eigenvalue weighted by Crippen LogP contribution is 2.60. The van der Waals surface area contributed by atoms with Crippen LogP contribution in [0, 0.1) is 11.3 Å². The van der Waals surface area contributed by atoms with E-state index in [1.807, 2.05) is 0 Å². The van der Waals surface area contributed by atoms with Crippen molar-refractivity contribution in [3.05, 3.63) is 22.8 Å². The van der Waals surface area contributed by atoms with E-state index in [-0.39, 0.29) is 5.91 Å². The van der Waals surface area contributed by atoms with E-state index in [4.69, 9.17) is 11.6 Å². The molecule has 1 heterocycles. The van der Waals surface area contributed by atoms with Gasteiger partial charge in [-0.1, -0.05) is 11.6 Å². The molecular weight excluding hydrogens is 262 g/mol. The standard InChI is InChI=1S/C14H18ClN3O/c1-16-12-6-10(11(15)7-17-12)13(19)18-8-14(4-5-14)9-2-3-9/h6-7,9H,2-5,8H2,1H3,(H,16,17)(H,18,19). The summed E-state index contributed by atoms with van der Waals surface area (Å²) < 4.78 is 0. The highest BCUT2D eigenvalue weighted by atomic mass is 35.5. The van der Waals surface area contributed by atoms with Crippen molar-refractivity contribution in [1.29, 1.82) is 0 Å². The van der Waals surface area contributed by atoms with Gasteiger partial charge < -0.3 is 10.6 Å². The van der Waals surface area contributed by atoms with Crippen LogP contribution in [0.1, 0.15) is 36.0 Å². The molecular formula is C14H18ClN3O. The summed E-state index contributed by atoms with van der Waals surface area (Å²) >= 11 is 6.04. The van der Waals surface area contributed by atoms with E-state index >= 15 is 0 Å². The summed E-state index contributed by atoms with van der Waals surface area (Å²) in [6.07, 6.45) is 6.68. The minimum absolute atomic E-state index is 0.101. The third-order valence-corrected chi connectivity index (χ3v) is 4.59. The second-order valence-electron chi connectivity index (χ2n) is 5.62. The zero-order chi connectivity index (χ0) is 13.5. The van der Waals surface area contributed by atoms with Crippen LogP contribution in [0.25, 0.3) is 0 Å². The normalized spacial score (nSPS) is 19.9. The Morgan fingerprint density at radius 2 is 2.26 bits per heavy atom. The average molecular weight is 280 g/mol. The van der Waals surface area contributed by atoms with Crippen LogP contribution >= 0.6 is 11.6 Å². The molecule has 2 fully saturated rings. The molecule has 3 rings (SSSR count). The molecule has 1 amide bonds. The predicted molar refractivity (Wildman–Crippen MR) is 75.5 cm³/mol. The van der Waals surface area contributed by atoms with Gasteiger partial charge in [-0.2, -0.15) is 0 Å². The van der Waals surface area contributed by atoms with Crippen molar-refractivity contribution in [3.8, 4) is 0 Å². The monoisotopic (exact) mass is 279 g/mol. The number of hydrogen-bond donors (Lipinski definition) is 2. The van der Waals surface area contributed by atoms with Crippen molar-refractivity contribution in [2.45, 2.75) is 25.7 Å². The van der Waals surface area contributed by atoms with Gasteiger partial charge >= 0.3 is 0 Å². The van der Waals surface area contributed by atoms with Gasteiger partial charge in [-0.25, -0.2) is 4.98 Å². The topological polar surface area (TPSA) is 54.0 Å². The quantitative estimate of drug-likeness (QED) is 0.871. The first-order chi connectivity index (χ1) is 9.14. The fraction of sp³-hybridized carbons (Fsp3) is 0.571. The van der Waals surface area contributed by atoms with Gasteiger partial charge in [0.1, 0.15) is 5.82 Å². The molecule has 4 nitrogen and oxygen atoms in total. The molecule has 5 heteroatoms. The van der Waals surface area contributed by atoms with E-state index in [1.165, 1.54) is 31.9 Å². The molecule has 0 bridgehead atoms. The first-order valence-electron chi connectivity index (χ1n) is 6.76. The van der Waals surface area contributed by atoms with Crippen LogP contribution in [0.4, 0.5) is 5.82 Å². The van der Waals surface area contributed by atoms with Gasteiger partial charge in [-0.05, 0) is 43.1 Å². The van der Waals surface area contributed by atoms with Gasteiger partial charge in [-0.15, -0.1) is 0 Å². The van der Waals surface area contributed by atoms with Crippen LogP contribution in [0.3, 0.4) is 0 Å². The number of nitrogens with one attached hydrogen (secondary N) is 2. The third-order valence-electron chi connectivity index (χ3n) is 4.29. The molecule has 0 spiro atoms. The second-order valence-corrected chi connectivity index (χ2v) is 6.03. The Kier molecular flexibility index (Phi) is 3.13. The zero-order valence-electron chi connectivity index (χ0n) is 11.0. The van der Waals surface area contributed by atoms with Crippen LogP contribution in [0.15, 0.2) is 12.3 Å². The van der Waals surface area contributed by atoms with Crippen molar-refractivity contribution in [2.24, 2.45) is 11.3 Å². The Hall–Kier alpha value is -1.29. The smallest absolute Gasteiger partial charge is 0.253 e. The Balaban J connectivity index is 1.66. The third kappa shape index (κ3) is 2.54. The number of nitrogens with zero attached hydrogens (tertiary/aromatic N) is 1. The SMILES string of the molecule is CNc1cc(C(=O)NCC2(C3CC3)CC2)c(Cl)cn1. The minimum atomic E-state index is -0.101. The summed E-state index contributed by atoms with van der Waals surface area (Å²) in [6, 6.07) is 1.69. The fourth-order valence-electron chi connectivity index (χ4n) is 2.69. The van der Waals surface area contributed by atoms with Crippen LogP contribution in [0.5, 0.6) is 0 Å². The summed E-state index contributed by atoms with van der Waals surface area (Å²) in [4.78, 5) is 16.3. The molecule has 1 aromatic heterocycles. The number of rotatable bonds is 5. The van der Waals surface area contributed by atoms with Crippen molar-refractivity contribution in [3.63, 3.8) is 0 Å². The lowest BCUT2D eigenvalue weighted by Crippen LogP contribution is -2.31. The van der Waals surface area contributed by atoms with E-state index in [0.717, 1.165) is 12.5 Å². The summed E-state index contributed by atoms with van der Waals surface area (Å²) in [7, 11) is 1.77. The molecule has 0 atom stereocenters. The number of aromatic nitrogens is 1. The van der Waals surface area contributed by atoms with Gasteiger partial charge in [0.05, 0.1) is 10.6 Å². The van der Waals surface area contributed by atoms with E-state index in [9.17, 15) is 4.79 Å². The molecule has 0 radical (unpaired) electrons. The maximum absolute atomic E-state index is 12.2. The fourth-order valence-corrected chi connectivity index (χ4v) is 2.88. The van der Waals surface area contributed by atoms with Crippen molar-refractivity contribution in [1.82, 2.24) is 10.3 Å².